The number of aryl methyl sites for hydroxylation is 2. The molecule has 6 heteroatoms. The van der Waals surface area contributed by atoms with Gasteiger partial charge in [-0.05, 0) is 33.6 Å². The van der Waals surface area contributed by atoms with Crippen LogP contribution < -0.4 is 0 Å². The number of hydrogen-bond donors (Lipinski definition) is 0. The quantitative estimate of drug-likeness (QED) is 0.848. The molecular formula is C13H23N3O2S. The molecule has 1 unspecified atom stereocenters. The summed E-state index contributed by atoms with van der Waals surface area (Å²) in [6.07, 6.45) is 3.90. The van der Waals surface area contributed by atoms with Crippen LogP contribution in [-0.4, -0.2) is 40.6 Å². The predicted molar refractivity (Wildman–Crippen MR) is 75.5 cm³/mol. The number of nitrogens with zero attached hydrogens (tertiary/aromatic N) is 3. The van der Waals surface area contributed by atoms with Crippen LogP contribution in [0.4, 0.5) is 0 Å². The Labute approximate surface area is 115 Å². The van der Waals surface area contributed by atoms with Crippen LogP contribution in [-0.2, 0) is 17.1 Å². The zero-order valence-electron chi connectivity index (χ0n) is 12.1. The lowest BCUT2D eigenvalue weighted by molar-refractivity contribution is 0.304. The maximum atomic E-state index is 12.3. The second-order valence-electron chi connectivity index (χ2n) is 5.64. The third-order valence-corrected chi connectivity index (χ3v) is 5.98. The zero-order valence-corrected chi connectivity index (χ0v) is 12.9. The first-order chi connectivity index (χ1) is 8.82. The molecule has 1 fully saturated rings. The SMILES string of the molecule is Cc1cn(C)c(C2CCCN(S(=O)(=O)C(C)C)C2)n1. The summed E-state index contributed by atoms with van der Waals surface area (Å²) in [5.74, 6) is 1.21. The van der Waals surface area contributed by atoms with Crippen molar-refractivity contribution < 1.29 is 8.42 Å². The maximum absolute atomic E-state index is 12.3. The fourth-order valence-corrected chi connectivity index (χ4v) is 4.06. The number of hydrogen-bond acceptors (Lipinski definition) is 3. The van der Waals surface area contributed by atoms with E-state index in [1.165, 1.54) is 0 Å². The second kappa shape index (κ2) is 5.25. The number of piperidine rings is 1. The maximum Gasteiger partial charge on any atom is 0.216 e. The minimum absolute atomic E-state index is 0.209. The van der Waals surface area contributed by atoms with E-state index >= 15 is 0 Å². The van der Waals surface area contributed by atoms with Gasteiger partial charge >= 0.3 is 0 Å². The van der Waals surface area contributed by atoms with Gasteiger partial charge in [-0.3, -0.25) is 0 Å². The number of imidazole rings is 1. The summed E-state index contributed by atoms with van der Waals surface area (Å²) >= 11 is 0. The summed E-state index contributed by atoms with van der Waals surface area (Å²) in [5, 5.41) is -0.352. The second-order valence-corrected chi connectivity index (χ2v) is 8.13. The molecule has 0 saturated carbocycles. The molecule has 5 nitrogen and oxygen atoms in total. The van der Waals surface area contributed by atoms with E-state index in [0.29, 0.717) is 13.1 Å². The molecule has 1 aliphatic rings. The van der Waals surface area contributed by atoms with Crippen molar-refractivity contribution in [2.24, 2.45) is 7.05 Å². The van der Waals surface area contributed by atoms with Crippen molar-refractivity contribution >= 4 is 10.0 Å². The molecule has 2 heterocycles. The normalized spacial score (nSPS) is 22.1. The van der Waals surface area contributed by atoms with Gasteiger partial charge in [0, 0.05) is 32.3 Å². The van der Waals surface area contributed by atoms with Crippen LogP contribution in [0, 0.1) is 6.92 Å². The fraction of sp³-hybridized carbons (Fsp3) is 0.769. The number of aromatic nitrogens is 2. The molecule has 1 aromatic rings. The molecule has 1 aliphatic heterocycles. The van der Waals surface area contributed by atoms with E-state index in [0.717, 1.165) is 24.4 Å². The lowest BCUT2D eigenvalue weighted by Crippen LogP contribution is -2.42. The third kappa shape index (κ3) is 2.84. The molecule has 0 aliphatic carbocycles. The van der Waals surface area contributed by atoms with Gasteiger partial charge in [-0.1, -0.05) is 0 Å². The van der Waals surface area contributed by atoms with Crippen molar-refractivity contribution in [1.82, 2.24) is 13.9 Å². The summed E-state index contributed by atoms with van der Waals surface area (Å²) in [6, 6.07) is 0. The smallest absolute Gasteiger partial charge is 0.216 e. The Hall–Kier alpha value is -0.880. The van der Waals surface area contributed by atoms with E-state index < -0.39 is 10.0 Å². The number of sulfonamides is 1. The lowest BCUT2D eigenvalue weighted by atomic mass is 9.99. The summed E-state index contributed by atoms with van der Waals surface area (Å²) in [6.45, 7) is 6.65. The van der Waals surface area contributed by atoms with Crippen molar-refractivity contribution in [2.45, 2.75) is 44.8 Å². The van der Waals surface area contributed by atoms with Crippen molar-refractivity contribution in [2.75, 3.05) is 13.1 Å². The molecule has 0 N–H and O–H groups in total. The van der Waals surface area contributed by atoms with Gasteiger partial charge in [-0.15, -0.1) is 0 Å². The highest BCUT2D eigenvalue weighted by Crippen LogP contribution is 2.28. The minimum atomic E-state index is -3.15. The van der Waals surface area contributed by atoms with Crippen LogP contribution in [0.1, 0.15) is 44.1 Å². The highest BCUT2D eigenvalue weighted by molar-refractivity contribution is 7.89. The standard InChI is InChI=1S/C13H23N3O2S/c1-10(2)19(17,18)16-7-5-6-12(9-16)13-14-11(3)8-15(13)4/h8,10,12H,5-7,9H2,1-4H3. The largest absolute Gasteiger partial charge is 0.337 e. The summed E-state index contributed by atoms with van der Waals surface area (Å²) < 4.78 is 28.2. The lowest BCUT2D eigenvalue weighted by Gasteiger charge is -2.32. The van der Waals surface area contributed by atoms with Crippen molar-refractivity contribution in [3.63, 3.8) is 0 Å². The Balaban J connectivity index is 2.21. The molecule has 2 rings (SSSR count). The van der Waals surface area contributed by atoms with Crippen LogP contribution in [0.5, 0.6) is 0 Å². The van der Waals surface area contributed by atoms with Gasteiger partial charge in [0.25, 0.3) is 0 Å². The summed E-state index contributed by atoms with van der Waals surface area (Å²) in [7, 11) is -1.17. The van der Waals surface area contributed by atoms with Crippen LogP contribution in [0.25, 0.3) is 0 Å². The molecule has 0 amide bonds. The Bertz CT molecular complexity index is 548. The van der Waals surface area contributed by atoms with E-state index in [2.05, 4.69) is 4.98 Å². The topological polar surface area (TPSA) is 55.2 Å². The van der Waals surface area contributed by atoms with E-state index in [-0.39, 0.29) is 11.2 Å². The van der Waals surface area contributed by atoms with Crippen LogP contribution in [0.2, 0.25) is 0 Å². The van der Waals surface area contributed by atoms with E-state index in [1.54, 1.807) is 18.2 Å². The van der Waals surface area contributed by atoms with Crippen molar-refractivity contribution in [3.8, 4) is 0 Å². The Kier molecular flexibility index (Phi) is 4.01. The molecule has 108 valence electrons. The fourth-order valence-electron chi connectivity index (χ4n) is 2.70. The molecule has 0 radical (unpaired) electrons. The van der Waals surface area contributed by atoms with Gasteiger partial charge in [0.15, 0.2) is 0 Å². The number of rotatable bonds is 3. The minimum Gasteiger partial charge on any atom is -0.337 e. The van der Waals surface area contributed by atoms with Crippen molar-refractivity contribution in [1.29, 1.82) is 0 Å². The van der Waals surface area contributed by atoms with Crippen molar-refractivity contribution in [3.05, 3.63) is 17.7 Å². The van der Waals surface area contributed by atoms with Crippen LogP contribution in [0.15, 0.2) is 6.20 Å². The van der Waals surface area contributed by atoms with Gasteiger partial charge in [-0.25, -0.2) is 17.7 Å². The Morgan fingerprint density at radius 3 is 2.63 bits per heavy atom. The molecule has 1 atom stereocenters. The molecule has 0 spiro atoms. The molecule has 0 aromatic carbocycles. The Morgan fingerprint density at radius 2 is 2.11 bits per heavy atom. The molecule has 19 heavy (non-hydrogen) atoms. The predicted octanol–water partition coefficient (Wildman–Crippen LogP) is 1.65. The molecule has 0 bridgehead atoms. The summed E-state index contributed by atoms with van der Waals surface area (Å²) in [4.78, 5) is 4.54. The van der Waals surface area contributed by atoms with Crippen LogP contribution >= 0.6 is 0 Å². The first kappa shape index (κ1) is 14.5. The van der Waals surface area contributed by atoms with E-state index in [1.807, 2.05) is 24.7 Å². The average molecular weight is 285 g/mol. The van der Waals surface area contributed by atoms with Gasteiger partial charge in [0.2, 0.25) is 10.0 Å². The van der Waals surface area contributed by atoms with Gasteiger partial charge in [0.05, 0.1) is 10.9 Å². The monoisotopic (exact) mass is 285 g/mol. The molecular weight excluding hydrogens is 262 g/mol. The van der Waals surface area contributed by atoms with Crippen LogP contribution in [0.3, 0.4) is 0 Å². The molecule has 1 saturated heterocycles. The highest BCUT2D eigenvalue weighted by atomic mass is 32.2. The van der Waals surface area contributed by atoms with Gasteiger partial charge in [0.1, 0.15) is 5.82 Å². The Morgan fingerprint density at radius 1 is 1.42 bits per heavy atom. The molecule has 1 aromatic heterocycles. The first-order valence-electron chi connectivity index (χ1n) is 6.81. The van der Waals surface area contributed by atoms with E-state index in [4.69, 9.17) is 0 Å². The highest BCUT2D eigenvalue weighted by Gasteiger charge is 2.32. The average Bonchev–Trinajstić information content (AvgIpc) is 2.68. The summed E-state index contributed by atoms with van der Waals surface area (Å²) in [5.41, 5.74) is 0.987. The zero-order chi connectivity index (χ0) is 14.2. The van der Waals surface area contributed by atoms with E-state index in [9.17, 15) is 8.42 Å². The van der Waals surface area contributed by atoms with Gasteiger partial charge < -0.3 is 4.57 Å². The third-order valence-electron chi connectivity index (χ3n) is 3.74. The first-order valence-corrected chi connectivity index (χ1v) is 8.31. The van der Waals surface area contributed by atoms with Gasteiger partial charge in [-0.2, -0.15) is 0 Å².